The van der Waals surface area contributed by atoms with E-state index in [1.54, 1.807) is 7.05 Å². The van der Waals surface area contributed by atoms with Crippen molar-refractivity contribution in [2.75, 3.05) is 13.6 Å². The maximum atomic E-state index is 13.0. The number of hydrogen-bond donors (Lipinski definition) is 2. The van der Waals surface area contributed by atoms with E-state index < -0.39 is 0 Å². The molecule has 0 radical (unpaired) electrons. The molecule has 2 amide bonds. The molecule has 3 atom stereocenters. The lowest BCUT2D eigenvalue weighted by Gasteiger charge is -2.34. The smallest absolute Gasteiger partial charge is 0.245 e. The van der Waals surface area contributed by atoms with Gasteiger partial charge in [-0.3, -0.25) is 9.59 Å². The van der Waals surface area contributed by atoms with Crippen molar-refractivity contribution in [2.45, 2.75) is 76.9 Å². The molecule has 1 saturated carbocycles. The molecule has 5 nitrogen and oxygen atoms in total. The molecule has 1 aliphatic carbocycles. The number of likely N-dealkylation sites (tertiary alicyclic amines) is 1. The summed E-state index contributed by atoms with van der Waals surface area (Å²) in [4.78, 5) is 27.3. The maximum absolute atomic E-state index is 13.0. The zero-order valence-electron chi connectivity index (χ0n) is 14.2. The molecule has 1 aliphatic heterocycles. The van der Waals surface area contributed by atoms with Gasteiger partial charge in [-0.05, 0) is 52.5 Å². The van der Waals surface area contributed by atoms with Crippen LogP contribution in [0, 0.1) is 5.92 Å². The molecule has 0 spiro atoms. The highest BCUT2D eigenvalue weighted by molar-refractivity contribution is 5.90. The summed E-state index contributed by atoms with van der Waals surface area (Å²) in [5.74, 6) is 0.355. The molecule has 5 heteroatoms. The zero-order chi connectivity index (χ0) is 16.1. The fourth-order valence-electron chi connectivity index (χ4n) is 3.70. The van der Waals surface area contributed by atoms with E-state index in [2.05, 4.69) is 17.6 Å². The molecule has 0 aromatic heterocycles. The summed E-state index contributed by atoms with van der Waals surface area (Å²) in [6.45, 7) is 4.78. The van der Waals surface area contributed by atoms with E-state index in [4.69, 9.17) is 0 Å². The Kier molecular flexibility index (Phi) is 6.24. The van der Waals surface area contributed by atoms with Gasteiger partial charge < -0.3 is 15.5 Å². The Labute approximate surface area is 134 Å². The highest BCUT2D eigenvalue weighted by Crippen LogP contribution is 2.29. The maximum Gasteiger partial charge on any atom is 0.245 e. The minimum absolute atomic E-state index is 0.0710. The van der Waals surface area contributed by atoms with Crippen molar-refractivity contribution >= 4 is 11.8 Å². The van der Waals surface area contributed by atoms with Gasteiger partial charge in [0.05, 0.1) is 6.04 Å². The second kappa shape index (κ2) is 7.95. The molecule has 0 bridgehead atoms. The second-order valence-electron chi connectivity index (χ2n) is 6.92. The standard InChI is InChI=1S/C17H31N3O2/c1-12-8-7-11-20(12)17(22)15(14-9-5-4-6-10-14)19-16(21)13(2)18-3/h12-15,18H,4-11H2,1-3H3,(H,19,21)/t12-,13+,15?/m1/s1. The van der Waals surface area contributed by atoms with Crippen LogP contribution in [0.1, 0.15) is 58.8 Å². The van der Waals surface area contributed by atoms with Crippen LogP contribution in [-0.2, 0) is 9.59 Å². The molecule has 126 valence electrons. The molecule has 2 aliphatic rings. The second-order valence-corrected chi connectivity index (χ2v) is 6.92. The highest BCUT2D eigenvalue weighted by atomic mass is 16.2. The van der Waals surface area contributed by atoms with E-state index >= 15 is 0 Å². The van der Waals surface area contributed by atoms with E-state index in [9.17, 15) is 9.59 Å². The fourth-order valence-corrected chi connectivity index (χ4v) is 3.70. The van der Waals surface area contributed by atoms with Gasteiger partial charge in [0.2, 0.25) is 11.8 Å². The largest absolute Gasteiger partial charge is 0.343 e. The summed E-state index contributed by atoms with van der Waals surface area (Å²) < 4.78 is 0. The topological polar surface area (TPSA) is 61.4 Å². The van der Waals surface area contributed by atoms with E-state index in [0.717, 1.165) is 32.2 Å². The van der Waals surface area contributed by atoms with Crippen molar-refractivity contribution < 1.29 is 9.59 Å². The zero-order valence-corrected chi connectivity index (χ0v) is 14.2. The molecule has 0 aromatic rings. The van der Waals surface area contributed by atoms with Crippen LogP contribution in [-0.4, -0.2) is 48.4 Å². The first-order chi connectivity index (χ1) is 10.5. The van der Waals surface area contributed by atoms with Crippen LogP contribution in [0.4, 0.5) is 0 Å². The van der Waals surface area contributed by atoms with Gasteiger partial charge in [0.1, 0.15) is 6.04 Å². The summed E-state index contributed by atoms with van der Waals surface area (Å²) in [5, 5.41) is 6.00. The molecule has 22 heavy (non-hydrogen) atoms. The third kappa shape index (κ3) is 4.00. The van der Waals surface area contributed by atoms with Crippen LogP contribution in [0.25, 0.3) is 0 Å². The lowest BCUT2D eigenvalue weighted by Crippen LogP contribution is -2.56. The molecule has 2 fully saturated rings. The van der Waals surface area contributed by atoms with Crippen molar-refractivity contribution in [2.24, 2.45) is 5.92 Å². The van der Waals surface area contributed by atoms with Gasteiger partial charge in [0.25, 0.3) is 0 Å². The van der Waals surface area contributed by atoms with Crippen LogP contribution in [0.15, 0.2) is 0 Å². The summed E-state index contributed by atoms with van der Waals surface area (Å²) in [6, 6.07) is -0.309. The van der Waals surface area contributed by atoms with Crippen molar-refractivity contribution in [3.05, 3.63) is 0 Å². The van der Waals surface area contributed by atoms with E-state index in [1.165, 1.54) is 19.3 Å². The Morgan fingerprint density at radius 3 is 2.32 bits per heavy atom. The quantitative estimate of drug-likeness (QED) is 0.812. The first-order valence-electron chi connectivity index (χ1n) is 8.82. The average Bonchev–Trinajstić information content (AvgIpc) is 2.97. The van der Waals surface area contributed by atoms with Crippen molar-refractivity contribution in [1.29, 1.82) is 0 Å². The monoisotopic (exact) mass is 309 g/mol. The predicted molar refractivity (Wildman–Crippen MR) is 87.4 cm³/mol. The molecule has 1 saturated heterocycles. The molecule has 2 N–H and O–H groups in total. The molecular formula is C17H31N3O2. The Morgan fingerprint density at radius 2 is 1.77 bits per heavy atom. The molecule has 2 rings (SSSR count). The third-order valence-corrected chi connectivity index (χ3v) is 5.35. The van der Waals surface area contributed by atoms with Gasteiger partial charge in [-0.25, -0.2) is 0 Å². The van der Waals surface area contributed by atoms with Crippen molar-refractivity contribution in [1.82, 2.24) is 15.5 Å². The molecule has 1 heterocycles. The van der Waals surface area contributed by atoms with Gasteiger partial charge in [0.15, 0.2) is 0 Å². The summed E-state index contributed by atoms with van der Waals surface area (Å²) in [5.41, 5.74) is 0. The molecule has 0 aromatic carbocycles. The van der Waals surface area contributed by atoms with Crippen LogP contribution in [0.3, 0.4) is 0 Å². The first-order valence-corrected chi connectivity index (χ1v) is 8.82. The SMILES string of the molecule is CN[C@@H](C)C(=O)NC(C(=O)N1CCC[C@H]1C)C1CCCCC1. The third-order valence-electron chi connectivity index (χ3n) is 5.35. The summed E-state index contributed by atoms with van der Waals surface area (Å²) in [6.07, 6.45) is 7.83. The van der Waals surface area contributed by atoms with E-state index in [0.29, 0.717) is 12.0 Å². The minimum atomic E-state index is -0.343. The number of nitrogens with zero attached hydrogens (tertiary/aromatic N) is 1. The van der Waals surface area contributed by atoms with Crippen LogP contribution in [0.2, 0.25) is 0 Å². The summed E-state index contributed by atoms with van der Waals surface area (Å²) in [7, 11) is 1.77. The number of hydrogen-bond acceptors (Lipinski definition) is 3. The number of amides is 2. The Balaban J connectivity index is 2.09. The Morgan fingerprint density at radius 1 is 1.09 bits per heavy atom. The van der Waals surface area contributed by atoms with Gasteiger partial charge in [-0.2, -0.15) is 0 Å². The van der Waals surface area contributed by atoms with Crippen molar-refractivity contribution in [3.8, 4) is 0 Å². The predicted octanol–water partition coefficient (Wildman–Crippen LogP) is 1.67. The van der Waals surface area contributed by atoms with Crippen LogP contribution in [0.5, 0.6) is 0 Å². The lowest BCUT2D eigenvalue weighted by atomic mass is 9.83. The number of carbonyl (C=O) groups is 2. The highest BCUT2D eigenvalue weighted by Gasteiger charge is 2.37. The van der Waals surface area contributed by atoms with Crippen molar-refractivity contribution in [3.63, 3.8) is 0 Å². The fraction of sp³-hybridized carbons (Fsp3) is 0.882. The summed E-state index contributed by atoms with van der Waals surface area (Å²) >= 11 is 0. The van der Waals surface area contributed by atoms with Gasteiger partial charge >= 0.3 is 0 Å². The first kappa shape index (κ1) is 17.3. The van der Waals surface area contributed by atoms with Gasteiger partial charge in [-0.1, -0.05) is 19.3 Å². The van der Waals surface area contributed by atoms with Crippen LogP contribution >= 0.6 is 0 Å². The van der Waals surface area contributed by atoms with Crippen LogP contribution < -0.4 is 10.6 Å². The van der Waals surface area contributed by atoms with E-state index in [1.807, 2.05) is 11.8 Å². The number of rotatable bonds is 5. The molecular weight excluding hydrogens is 278 g/mol. The normalized spacial score (nSPS) is 25.8. The lowest BCUT2D eigenvalue weighted by molar-refractivity contribution is -0.139. The van der Waals surface area contributed by atoms with Gasteiger partial charge in [0, 0.05) is 12.6 Å². The Hall–Kier alpha value is -1.10. The minimum Gasteiger partial charge on any atom is -0.343 e. The Bertz CT molecular complexity index is 393. The number of carbonyl (C=O) groups excluding carboxylic acids is 2. The van der Waals surface area contributed by atoms with Gasteiger partial charge in [-0.15, -0.1) is 0 Å². The average molecular weight is 309 g/mol. The number of likely N-dealkylation sites (N-methyl/N-ethyl adjacent to an activating group) is 1. The molecule has 1 unspecified atom stereocenters. The van der Waals surface area contributed by atoms with E-state index in [-0.39, 0.29) is 23.9 Å². The number of nitrogens with one attached hydrogen (secondary N) is 2.